The second kappa shape index (κ2) is 5.08. The summed E-state index contributed by atoms with van der Waals surface area (Å²) in [6, 6.07) is 0. The third kappa shape index (κ3) is 2.77. The van der Waals surface area contributed by atoms with Crippen LogP contribution in [0.15, 0.2) is 0 Å². The minimum atomic E-state index is -2.04. The van der Waals surface area contributed by atoms with Crippen molar-refractivity contribution < 1.29 is 23.5 Å². The molecule has 0 saturated carbocycles. The number of hydrogen-bond donors (Lipinski definition) is 0. The first-order valence-corrected chi connectivity index (χ1v) is 3.90. The molecule has 12 heavy (non-hydrogen) atoms. The summed E-state index contributed by atoms with van der Waals surface area (Å²) >= 11 is 2.66. The quantitative estimate of drug-likeness (QED) is 0.533. The van der Waals surface area contributed by atoms with Crippen molar-refractivity contribution in [2.24, 2.45) is 0 Å². The molecule has 6 heteroatoms. The topological polar surface area (TPSA) is 52.6 Å². The first kappa shape index (κ1) is 11.4. The smallest absolute Gasteiger partial charge is 0.342 e. The predicted molar refractivity (Wildman–Crippen MR) is 41.6 cm³/mol. The molecule has 0 heterocycles. The molecule has 0 bridgehead atoms. The van der Waals surface area contributed by atoms with E-state index in [9.17, 15) is 14.0 Å². The molecule has 70 valence electrons. The summed E-state index contributed by atoms with van der Waals surface area (Å²) in [5.74, 6) is -1.96. The zero-order valence-electron chi connectivity index (χ0n) is 6.54. The average Bonchev–Trinajstić information content (AvgIpc) is 2.12. The second-order valence-electron chi connectivity index (χ2n) is 1.85. The van der Waals surface area contributed by atoms with Gasteiger partial charge >= 0.3 is 11.9 Å². The van der Waals surface area contributed by atoms with Gasteiger partial charge in [-0.3, -0.25) is 4.79 Å². The number of halogens is 2. The van der Waals surface area contributed by atoms with Crippen LogP contribution in [0.5, 0.6) is 0 Å². The van der Waals surface area contributed by atoms with Crippen molar-refractivity contribution in [2.45, 2.75) is 11.0 Å². The van der Waals surface area contributed by atoms with Crippen LogP contribution in [0.3, 0.4) is 0 Å². The normalized spacial score (nSPS) is 14.7. The fourth-order valence-corrected chi connectivity index (χ4v) is 0.867. The molecule has 0 aromatic heterocycles. The molecule has 0 fully saturated rings. The second-order valence-corrected chi connectivity index (χ2v) is 2.84. The van der Waals surface area contributed by atoms with Crippen LogP contribution in [0.25, 0.3) is 0 Å². The minimum Gasteiger partial charge on any atom is -0.468 e. The number of esters is 2. The Morgan fingerprint density at radius 2 is 1.67 bits per heavy atom. The standard InChI is InChI=1S/C6H8BrFO4/c1-11-5(9)3(7)4(8)6(10)12-2/h3-4H,1-2H3/t3-,4+/m0/s1. The van der Waals surface area contributed by atoms with Crippen molar-refractivity contribution in [3.63, 3.8) is 0 Å². The van der Waals surface area contributed by atoms with Gasteiger partial charge in [0.15, 0.2) is 4.83 Å². The van der Waals surface area contributed by atoms with Gasteiger partial charge in [0.2, 0.25) is 6.17 Å². The van der Waals surface area contributed by atoms with Gasteiger partial charge in [0.25, 0.3) is 0 Å². The summed E-state index contributed by atoms with van der Waals surface area (Å²) in [6.07, 6.45) is -2.04. The number of ether oxygens (including phenoxy) is 2. The molecule has 0 aromatic rings. The lowest BCUT2D eigenvalue weighted by Gasteiger charge is -2.10. The lowest BCUT2D eigenvalue weighted by Crippen LogP contribution is -2.33. The number of methoxy groups -OCH3 is 2. The Hall–Kier alpha value is -0.650. The maximum absolute atomic E-state index is 12.8. The zero-order chi connectivity index (χ0) is 9.72. The van der Waals surface area contributed by atoms with Crippen molar-refractivity contribution in [2.75, 3.05) is 14.2 Å². The van der Waals surface area contributed by atoms with Gasteiger partial charge in [-0.2, -0.15) is 0 Å². The molecule has 0 N–H and O–H groups in total. The number of rotatable bonds is 3. The molecule has 0 aromatic carbocycles. The Bertz CT molecular complexity index is 164. The summed E-state index contributed by atoms with van der Waals surface area (Å²) in [7, 11) is 2.13. The molecular weight excluding hydrogens is 235 g/mol. The molecule has 0 amide bonds. The van der Waals surface area contributed by atoms with Crippen LogP contribution >= 0.6 is 15.9 Å². The monoisotopic (exact) mass is 242 g/mol. The summed E-state index contributed by atoms with van der Waals surface area (Å²) in [5, 5.41) is 0. The van der Waals surface area contributed by atoms with Gasteiger partial charge in [-0.15, -0.1) is 0 Å². The summed E-state index contributed by atoms with van der Waals surface area (Å²) < 4.78 is 21.1. The predicted octanol–water partition coefficient (Wildman–Crippen LogP) is 0.434. The molecule has 4 nitrogen and oxygen atoms in total. The molecule has 2 atom stereocenters. The summed E-state index contributed by atoms with van der Waals surface area (Å²) in [5.41, 5.74) is 0. The fraction of sp³-hybridized carbons (Fsp3) is 0.667. The van der Waals surface area contributed by atoms with Gasteiger partial charge < -0.3 is 9.47 Å². The number of alkyl halides is 2. The van der Waals surface area contributed by atoms with E-state index in [-0.39, 0.29) is 0 Å². The Labute approximate surface area is 77.1 Å². The first-order valence-electron chi connectivity index (χ1n) is 2.98. The molecule has 0 rings (SSSR count). The largest absolute Gasteiger partial charge is 0.468 e. The van der Waals surface area contributed by atoms with Crippen LogP contribution in [-0.2, 0) is 19.1 Å². The molecule has 0 spiro atoms. The van der Waals surface area contributed by atoms with E-state index in [1.807, 2.05) is 0 Å². The van der Waals surface area contributed by atoms with Crippen molar-refractivity contribution in [1.29, 1.82) is 0 Å². The van der Waals surface area contributed by atoms with E-state index in [0.29, 0.717) is 0 Å². The van der Waals surface area contributed by atoms with Crippen molar-refractivity contribution in [1.82, 2.24) is 0 Å². The van der Waals surface area contributed by atoms with Gasteiger partial charge in [-0.05, 0) is 0 Å². The summed E-state index contributed by atoms with van der Waals surface area (Å²) in [4.78, 5) is 19.9. The van der Waals surface area contributed by atoms with Crippen molar-refractivity contribution in [3.05, 3.63) is 0 Å². The van der Waals surface area contributed by atoms with Gasteiger partial charge in [0.05, 0.1) is 14.2 Å². The molecule has 0 aliphatic carbocycles. The van der Waals surface area contributed by atoms with Crippen LogP contribution in [-0.4, -0.2) is 37.2 Å². The molecular formula is C6H8BrFO4. The highest BCUT2D eigenvalue weighted by Crippen LogP contribution is 2.12. The third-order valence-electron chi connectivity index (χ3n) is 1.11. The van der Waals surface area contributed by atoms with Crippen LogP contribution in [0.4, 0.5) is 4.39 Å². The van der Waals surface area contributed by atoms with Crippen LogP contribution < -0.4 is 0 Å². The van der Waals surface area contributed by atoms with E-state index < -0.39 is 22.9 Å². The average molecular weight is 243 g/mol. The minimum absolute atomic E-state index is 0.854. The SMILES string of the molecule is COC(=O)[C@@H](Br)[C@@H](F)C(=O)OC. The van der Waals surface area contributed by atoms with Gasteiger partial charge in [0.1, 0.15) is 0 Å². The van der Waals surface area contributed by atoms with Crippen LogP contribution in [0.1, 0.15) is 0 Å². The Morgan fingerprint density at radius 1 is 1.25 bits per heavy atom. The molecule has 0 aliphatic rings. The van der Waals surface area contributed by atoms with Crippen molar-refractivity contribution >= 4 is 27.9 Å². The highest BCUT2D eigenvalue weighted by atomic mass is 79.9. The fourth-order valence-electron chi connectivity index (χ4n) is 0.464. The number of hydrogen-bond acceptors (Lipinski definition) is 4. The van der Waals surface area contributed by atoms with Gasteiger partial charge in [-0.1, -0.05) is 15.9 Å². The van der Waals surface area contributed by atoms with Crippen LogP contribution in [0.2, 0.25) is 0 Å². The molecule has 0 unspecified atom stereocenters. The van der Waals surface area contributed by atoms with E-state index in [2.05, 4.69) is 25.4 Å². The first-order chi connectivity index (χ1) is 5.54. The van der Waals surface area contributed by atoms with E-state index >= 15 is 0 Å². The number of carbonyl (C=O) groups is 2. The van der Waals surface area contributed by atoms with E-state index in [1.165, 1.54) is 0 Å². The highest BCUT2D eigenvalue weighted by molar-refractivity contribution is 9.10. The van der Waals surface area contributed by atoms with Gasteiger partial charge in [0, 0.05) is 0 Å². The van der Waals surface area contributed by atoms with E-state index in [0.717, 1.165) is 14.2 Å². The molecule has 0 aliphatic heterocycles. The Balaban J connectivity index is 4.18. The van der Waals surface area contributed by atoms with E-state index in [4.69, 9.17) is 0 Å². The van der Waals surface area contributed by atoms with Gasteiger partial charge in [-0.25, -0.2) is 9.18 Å². The molecule has 0 saturated heterocycles. The lowest BCUT2D eigenvalue weighted by molar-refractivity contribution is -0.152. The Morgan fingerprint density at radius 3 is 2.00 bits per heavy atom. The third-order valence-corrected chi connectivity index (χ3v) is 1.95. The summed E-state index contributed by atoms with van der Waals surface area (Å²) in [6.45, 7) is 0. The lowest BCUT2D eigenvalue weighted by atomic mass is 10.3. The maximum atomic E-state index is 12.8. The highest BCUT2D eigenvalue weighted by Gasteiger charge is 2.33. The zero-order valence-corrected chi connectivity index (χ0v) is 8.13. The molecule has 0 radical (unpaired) electrons. The van der Waals surface area contributed by atoms with Crippen LogP contribution in [0, 0.1) is 0 Å². The maximum Gasteiger partial charge on any atom is 0.342 e. The Kier molecular flexibility index (Phi) is 4.80. The van der Waals surface area contributed by atoms with E-state index in [1.54, 1.807) is 0 Å². The number of carbonyl (C=O) groups excluding carboxylic acids is 2. The van der Waals surface area contributed by atoms with Crippen molar-refractivity contribution in [3.8, 4) is 0 Å².